The molecule has 0 spiro atoms. The smallest absolute Gasteiger partial charge is 0.157 e. The van der Waals surface area contributed by atoms with Crippen molar-refractivity contribution < 1.29 is 9.53 Å². The molecule has 1 atom stereocenters. The van der Waals surface area contributed by atoms with Gasteiger partial charge in [0.2, 0.25) is 0 Å². The minimum absolute atomic E-state index is 0.207. The fourth-order valence-electron chi connectivity index (χ4n) is 3.21. The highest BCUT2D eigenvalue weighted by Gasteiger charge is 2.41. The van der Waals surface area contributed by atoms with E-state index in [1.54, 1.807) is 7.11 Å². The van der Waals surface area contributed by atoms with Crippen molar-refractivity contribution in [2.75, 3.05) is 20.3 Å². The van der Waals surface area contributed by atoms with Crippen LogP contribution in [0.1, 0.15) is 38.2 Å². The van der Waals surface area contributed by atoms with Crippen LogP contribution in [0.2, 0.25) is 0 Å². The minimum Gasteiger partial charge on any atom is -0.383 e. The molecule has 110 valence electrons. The molecular formula is C17H25NO2. The van der Waals surface area contributed by atoms with Crippen molar-refractivity contribution in [3.63, 3.8) is 0 Å². The molecule has 1 aromatic rings. The van der Waals surface area contributed by atoms with Gasteiger partial charge < -0.3 is 10.1 Å². The number of ether oxygens (including phenoxy) is 1. The van der Waals surface area contributed by atoms with Crippen molar-refractivity contribution in [1.82, 2.24) is 5.32 Å². The summed E-state index contributed by atoms with van der Waals surface area (Å²) in [5.74, 6) is 0.323. The summed E-state index contributed by atoms with van der Waals surface area (Å²) in [4.78, 5) is 12.8. The highest BCUT2D eigenvalue weighted by Crippen LogP contribution is 2.41. The Hall–Kier alpha value is -1.19. The molecular weight excluding hydrogens is 250 g/mol. The molecule has 1 N–H and O–H groups in total. The summed E-state index contributed by atoms with van der Waals surface area (Å²) >= 11 is 0. The standard InChI is InChI=1S/C17H25NO2/c1-14(13-20-2)18-12-16(19)17(10-6-7-11-17)15-8-4-3-5-9-15/h3-5,8-9,14,18H,6-7,10-13H2,1-2H3. The first-order valence-corrected chi connectivity index (χ1v) is 7.50. The Labute approximate surface area is 121 Å². The summed E-state index contributed by atoms with van der Waals surface area (Å²) < 4.78 is 5.10. The van der Waals surface area contributed by atoms with Crippen LogP contribution in [-0.4, -0.2) is 32.1 Å². The number of carbonyl (C=O) groups is 1. The van der Waals surface area contributed by atoms with Crippen molar-refractivity contribution in [1.29, 1.82) is 0 Å². The molecule has 20 heavy (non-hydrogen) atoms. The molecule has 0 heterocycles. The predicted octanol–water partition coefficient (Wildman–Crippen LogP) is 2.69. The Balaban J connectivity index is 2.07. The van der Waals surface area contributed by atoms with Gasteiger partial charge in [-0.3, -0.25) is 4.79 Å². The molecule has 0 saturated heterocycles. The highest BCUT2D eigenvalue weighted by molar-refractivity contribution is 5.92. The third-order valence-electron chi connectivity index (χ3n) is 4.34. The number of methoxy groups -OCH3 is 1. The maximum absolute atomic E-state index is 12.8. The van der Waals surface area contributed by atoms with Crippen molar-refractivity contribution in [3.8, 4) is 0 Å². The van der Waals surface area contributed by atoms with Crippen LogP contribution in [0.4, 0.5) is 0 Å². The SMILES string of the molecule is COCC(C)NCC(=O)C1(c2ccccc2)CCCC1. The van der Waals surface area contributed by atoms with E-state index in [9.17, 15) is 4.79 Å². The lowest BCUT2D eigenvalue weighted by Gasteiger charge is -2.29. The number of carbonyl (C=O) groups excluding carboxylic acids is 1. The lowest BCUT2D eigenvalue weighted by Crippen LogP contribution is -2.43. The van der Waals surface area contributed by atoms with Gasteiger partial charge in [0, 0.05) is 13.2 Å². The van der Waals surface area contributed by atoms with Crippen LogP contribution in [0.15, 0.2) is 30.3 Å². The summed E-state index contributed by atoms with van der Waals surface area (Å²) in [6.45, 7) is 3.10. The average molecular weight is 275 g/mol. The van der Waals surface area contributed by atoms with Crippen LogP contribution >= 0.6 is 0 Å². The van der Waals surface area contributed by atoms with E-state index in [0.29, 0.717) is 18.9 Å². The van der Waals surface area contributed by atoms with Crippen LogP contribution in [0.5, 0.6) is 0 Å². The summed E-state index contributed by atoms with van der Waals surface area (Å²) in [6.07, 6.45) is 4.26. The fourth-order valence-corrected chi connectivity index (χ4v) is 3.21. The largest absolute Gasteiger partial charge is 0.383 e. The molecule has 2 rings (SSSR count). The maximum Gasteiger partial charge on any atom is 0.157 e. The zero-order valence-electron chi connectivity index (χ0n) is 12.5. The van der Waals surface area contributed by atoms with E-state index in [1.165, 1.54) is 5.56 Å². The summed E-state index contributed by atoms with van der Waals surface area (Å²) in [5.41, 5.74) is 0.921. The van der Waals surface area contributed by atoms with E-state index in [2.05, 4.69) is 17.4 Å². The van der Waals surface area contributed by atoms with Crippen molar-refractivity contribution in [2.45, 2.75) is 44.1 Å². The van der Waals surface area contributed by atoms with Crippen LogP contribution in [-0.2, 0) is 14.9 Å². The molecule has 0 amide bonds. The van der Waals surface area contributed by atoms with Gasteiger partial charge in [-0.2, -0.15) is 0 Å². The Bertz CT molecular complexity index is 424. The molecule has 0 aromatic heterocycles. The van der Waals surface area contributed by atoms with Gasteiger partial charge in [0.25, 0.3) is 0 Å². The highest BCUT2D eigenvalue weighted by atomic mass is 16.5. The van der Waals surface area contributed by atoms with Gasteiger partial charge in [-0.15, -0.1) is 0 Å². The number of hydrogen-bond donors (Lipinski definition) is 1. The Morgan fingerprint density at radius 2 is 1.95 bits per heavy atom. The normalized spacial score (nSPS) is 18.9. The van der Waals surface area contributed by atoms with Gasteiger partial charge in [0.1, 0.15) is 0 Å². The molecule has 0 aliphatic heterocycles. The molecule has 0 bridgehead atoms. The van der Waals surface area contributed by atoms with Gasteiger partial charge in [-0.25, -0.2) is 0 Å². The third kappa shape index (κ3) is 3.28. The van der Waals surface area contributed by atoms with Crippen molar-refractivity contribution in [2.24, 2.45) is 0 Å². The Morgan fingerprint density at radius 3 is 2.55 bits per heavy atom. The number of rotatable bonds is 7. The number of hydrogen-bond acceptors (Lipinski definition) is 3. The average Bonchev–Trinajstić information content (AvgIpc) is 2.97. The van der Waals surface area contributed by atoms with Gasteiger partial charge in [0.05, 0.1) is 18.6 Å². The van der Waals surface area contributed by atoms with Crippen molar-refractivity contribution in [3.05, 3.63) is 35.9 Å². The monoisotopic (exact) mass is 275 g/mol. The third-order valence-corrected chi connectivity index (χ3v) is 4.34. The maximum atomic E-state index is 12.8. The zero-order chi connectivity index (χ0) is 14.4. The quantitative estimate of drug-likeness (QED) is 0.831. The number of Topliss-reactive ketones (excluding diaryl/α,β-unsaturated/α-hetero) is 1. The van der Waals surface area contributed by atoms with Crippen LogP contribution in [0.25, 0.3) is 0 Å². The van der Waals surface area contributed by atoms with Gasteiger partial charge in [-0.05, 0) is 25.3 Å². The second-order valence-electron chi connectivity index (χ2n) is 5.82. The first kappa shape index (κ1) is 15.2. The second-order valence-corrected chi connectivity index (χ2v) is 5.82. The molecule has 1 saturated carbocycles. The first-order valence-electron chi connectivity index (χ1n) is 7.50. The van der Waals surface area contributed by atoms with Crippen LogP contribution in [0, 0.1) is 0 Å². The first-order chi connectivity index (χ1) is 9.69. The van der Waals surface area contributed by atoms with E-state index in [-0.39, 0.29) is 11.5 Å². The van der Waals surface area contributed by atoms with E-state index < -0.39 is 0 Å². The molecule has 1 aromatic carbocycles. The number of benzene rings is 1. The summed E-state index contributed by atoms with van der Waals surface area (Å²) in [6, 6.07) is 10.5. The van der Waals surface area contributed by atoms with Crippen LogP contribution in [0.3, 0.4) is 0 Å². The minimum atomic E-state index is -0.263. The molecule has 1 unspecified atom stereocenters. The molecule has 0 radical (unpaired) electrons. The fraction of sp³-hybridized carbons (Fsp3) is 0.588. The summed E-state index contributed by atoms with van der Waals surface area (Å²) in [7, 11) is 1.68. The van der Waals surface area contributed by atoms with E-state index in [1.807, 2.05) is 25.1 Å². The number of ketones is 1. The lowest BCUT2D eigenvalue weighted by atomic mass is 9.75. The summed E-state index contributed by atoms with van der Waals surface area (Å²) in [5, 5.41) is 3.28. The molecule has 1 fully saturated rings. The van der Waals surface area contributed by atoms with Gasteiger partial charge in [0.15, 0.2) is 5.78 Å². The molecule has 1 aliphatic carbocycles. The van der Waals surface area contributed by atoms with E-state index >= 15 is 0 Å². The van der Waals surface area contributed by atoms with Gasteiger partial charge >= 0.3 is 0 Å². The Kier molecular flexibility index (Phi) is 5.32. The molecule has 3 heteroatoms. The zero-order valence-corrected chi connectivity index (χ0v) is 12.5. The number of nitrogens with one attached hydrogen (secondary N) is 1. The molecule has 1 aliphatic rings. The topological polar surface area (TPSA) is 38.3 Å². The second kappa shape index (κ2) is 7.00. The van der Waals surface area contributed by atoms with Crippen LogP contribution < -0.4 is 5.32 Å². The van der Waals surface area contributed by atoms with E-state index in [0.717, 1.165) is 25.7 Å². The molecule has 3 nitrogen and oxygen atoms in total. The van der Waals surface area contributed by atoms with Crippen molar-refractivity contribution >= 4 is 5.78 Å². The lowest BCUT2D eigenvalue weighted by molar-refractivity contribution is -0.123. The predicted molar refractivity (Wildman–Crippen MR) is 80.9 cm³/mol. The Morgan fingerprint density at radius 1 is 1.30 bits per heavy atom. The van der Waals surface area contributed by atoms with Gasteiger partial charge in [-0.1, -0.05) is 43.2 Å². The van der Waals surface area contributed by atoms with E-state index in [4.69, 9.17) is 4.74 Å².